The molecule has 0 spiro atoms. The summed E-state index contributed by atoms with van der Waals surface area (Å²) >= 11 is 7.08. The number of nitrogens with zero attached hydrogens (tertiary/aromatic N) is 9. The van der Waals surface area contributed by atoms with Gasteiger partial charge >= 0.3 is 12.1 Å². The highest BCUT2D eigenvalue weighted by atomic mass is 35.5. The van der Waals surface area contributed by atoms with E-state index in [0.717, 1.165) is 82.4 Å². The third-order valence-electron chi connectivity index (χ3n) is 12.7. The van der Waals surface area contributed by atoms with Gasteiger partial charge in [0.25, 0.3) is 0 Å². The highest BCUT2D eigenvalue weighted by molar-refractivity contribution is 6.34. The van der Waals surface area contributed by atoms with E-state index >= 15 is 0 Å². The topological polar surface area (TPSA) is 156 Å². The molecule has 4 aliphatic rings. The number of ether oxygens (including phenoxy) is 2. The maximum Gasteiger partial charge on any atom is 0.330 e. The van der Waals surface area contributed by atoms with E-state index in [9.17, 15) is 9.59 Å². The third-order valence-corrected chi connectivity index (χ3v) is 13.0. The lowest BCUT2D eigenvalue weighted by Gasteiger charge is -2.37. The van der Waals surface area contributed by atoms with Crippen molar-refractivity contribution >= 4 is 75.5 Å². The van der Waals surface area contributed by atoms with Crippen molar-refractivity contribution < 1.29 is 19.1 Å². The van der Waals surface area contributed by atoms with E-state index in [1.165, 1.54) is 6.33 Å². The smallest absolute Gasteiger partial charge is 0.330 e. The van der Waals surface area contributed by atoms with Gasteiger partial charge < -0.3 is 35.2 Å². The van der Waals surface area contributed by atoms with Crippen LogP contribution in [0.5, 0.6) is 11.5 Å². The van der Waals surface area contributed by atoms with Gasteiger partial charge in [-0.05, 0) is 98.1 Å². The van der Waals surface area contributed by atoms with Gasteiger partial charge in [-0.1, -0.05) is 48.0 Å². The average molecular weight is 932 g/mol. The van der Waals surface area contributed by atoms with Gasteiger partial charge in [-0.3, -0.25) is 14.7 Å². The standard InChI is InChI=1S/C51H51ClN12O4/c1-32-12-14-39(33(2)46(32)58-50(65)62-18-5-7-24-67-38-11-9-10-36(26-38)56-44-28-45(62)55-31-54-44)40-15-16-41(52)47(34(40)3)64-30-35-29-53-49-57-37-13-17-42(61-22-20-60(4)21-23-61)43(27-37)68-25-8-6-19-63(51(64)66)48(35)59-49/h5-17,26-29,31H,18-25,30H2,1-4H3,(H,58,65)(H,53,57,59)(H,54,55,56)/b7-5+,8-6-. The van der Waals surface area contributed by atoms with Crippen LogP contribution in [-0.2, 0) is 6.54 Å². The number of aryl methyl sites for hydroxylation is 1. The molecule has 17 heteroatoms. The summed E-state index contributed by atoms with van der Waals surface area (Å²) in [7, 11) is 2.14. The number of likely N-dealkylation sites (N-methyl/N-ethyl adjacent to an activating group) is 1. The Balaban J connectivity index is 0.928. The van der Waals surface area contributed by atoms with Crippen molar-refractivity contribution in [2.24, 2.45) is 0 Å². The molecule has 16 nitrogen and oxygen atoms in total. The first-order valence-corrected chi connectivity index (χ1v) is 23.0. The molecule has 4 aliphatic heterocycles. The molecule has 0 radical (unpaired) electrons. The summed E-state index contributed by atoms with van der Waals surface area (Å²) in [5.41, 5.74) is 8.81. The van der Waals surface area contributed by atoms with Gasteiger partial charge in [-0.25, -0.2) is 24.5 Å². The molecule has 3 N–H and O–H groups in total. The molecular weight excluding hydrogens is 880 g/mol. The average Bonchev–Trinajstić information content (AvgIpc) is 3.34. The number of piperazine rings is 1. The van der Waals surface area contributed by atoms with Gasteiger partial charge in [-0.15, -0.1) is 0 Å². The minimum Gasteiger partial charge on any atom is -0.489 e. The molecule has 4 amide bonds. The highest BCUT2D eigenvalue weighted by Gasteiger charge is 2.35. The molecule has 1 saturated heterocycles. The highest BCUT2D eigenvalue weighted by Crippen LogP contribution is 2.43. The summed E-state index contributed by atoms with van der Waals surface area (Å²) in [4.78, 5) is 57.3. The van der Waals surface area contributed by atoms with Gasteiger partial charge in [0.05, 0.1) is 22.9 Å². The molecule has 1 fully saturated rings. The second-order valence-electron chi connectivity index (χ2n) is 17.1. The van der Waals surface area contributed by atoms with Gasteiger partial charge in [0.2, 0.25) is 5.95 Å². The van der Waals surface area contributed by atoms with Gasteiger partial charge in [0.1, 0.15) is 48.5 Å². The SMILES string of the molecule is Cc1ccc(-c2ccc(Cl)c(N3Cc4cnc5nc4N(C/C=C\COc4cc(ccc4N4CCN(C)CC4)N5)C3=O)c2C)c(C)c1NC(=O)N1C/C=C/COc2cccc(c2)Nc2cc1ncn2. The van der Waals surface area contributed by atoms with Crippen molar-refractivity contribution in [3.8, 4) is 22.6 Å². The number of rotatable bonds is 4. The zero-order valence-corrected chi connectivity index (χ0v) is 39.0. The molecule has 68 heavy (non-hydrogen) atoms. The predicted octanol–water partition coefficient (Wildman–Crippen LogP) is 9.63. The molecule has 4 aromatic carbocycles. The second kappa shape index (κ2) is 18.9. The molecule has 6 aromatic rings. The summed E-state index contributed by atoms with van der Waals surface area (Å²) in [6, 6.07) is 22.5. The fraction of sp³-hybridized carbons (Fsp3) is 0.255. The van der Waals surface area contributed by atoms with Crippen molar-refractivity contribution in [2.75, 3.05) is 95.1 Å². The number of fused-ring (bicyclic) bond motifs is 7. The first-order valence-electron chi connectivity index (χ1n) is 22.6. The van der Waals surface area contributed by atoms with Crippen molar-refractivity contribution in [3.63, 3.8) is 0 Å². The first-order chi connectivity index (χ1) is 33.1. The van der Waals surface area contributed by atoms with Crippen LogP contribution in [0.2, 0.25) is 5.02 Å². The maximum absolute atomic E-state index is 14.8. The number of anilines is 9. The Morgan fingerprint density at radius 1 is 0.779 bits per heavy atom. The molecule has 2 aromatic heterocycles. The normalized spacial score (nSPS) is 17.0. The maximum atomic E-state index is 14.8. The number of benzene rings is 4. The molecule has 6 heterocycles. The zero-order chi connectivity index (χ0) is 46.9. The van der Waals surface area contributed by atoms with Crippen molar-refractivity contribution in [1.82, 2.24) is 24.8 Å². The minimum atomic E-state index is -0.378. The number of hydrogen-bond acceptors (Lipinski definition) is 12. The lowest BCUT2D eigenvalue weighted by molar-refractivity contribution is 0.250. The van der Waals surface area contributed by atoms with E-state index in [4.69, 9.17) is 31.0 Å². The zero-order valence-electron chi connectivity index (χ0n) is 38.3. The monoisotopic (exact) mass is 930 g/mol. The van der Waals surface area contributed by atoms with E-state index in [1.54, 1.807) is 27.0 Å². The van der Waals surface area contributed by atoms with Gasteiger partial charge in [0, 0.05) is 86.3 Å². The molecule has 0 aliphatic carbocycles. The van der Waals surface area contributed by atoms with Crippen LogP contribution in [0.25, 0.3) is 11.1 Å². The lowest BCUT2D eigenvalue weighted by atomic mass is 9.92. The number of nitrogens with one attached hydrogen (secondary N) is 3. The summed E-state index contributed by atoms with van der Waals surface area (Å²) in [5.74, 6) is 3.29. The third kappa shape index (κ3) is 8.95. The summed E-state index contributed by atoms with van der Waals surface area (Å²) in [5, 5.41) is 10.3. The van der Waals surface area contributed by atoms with E-state index in [2.05, 4.69) is 48.8 Å². The number of carbonyl (C=O) groups excluding carboxylic acids is 2. The van der Waals surface area contributed by atoms with Crippen LogP contribution >= 0.6 is 11.6 Å². The number of aromatic nitrogens is 4. The Kier molecular flexibility index (Phi) is 12.3. The molecule has 346 valence electrons. The molecule has 0 saturated carbocycles. The van der Waals surface area contributed by atoms with Crippen LogP contribution in [0.15, 0.2) is 110 Å². The Hall–Kier alpha value is -7.69. The number of halogens is 1. The van der Waals surface area contributed by atoms with Crippen LogP contribution < -0.4 is 45.0 Å². The second-order valence-corrected chi connectivity index (χ2v) is 17.5. The van der Waals surface area contributed by atoms with Crippen molar-refractivity contribution in [1.29, 1.82) is 0 Å². The van der Waals surface area contributed by atoms with Crippen LogP contribution in [0.3, 0.4) is 0 Å². The van der Waals surface area contributed by atoms with Crippen molar-refractivity contribution in [2.45, 2.75) is 27.3 Å². The molecule has 0 atom stereocenters. The van der Waals surface area contributed by atoms with E-state index in [-0.39, 0.29) is 31.7 Å². The fourth-order valence-electron chi connectivity index (χ4n) is 8.99. The number of urea groups is 2. The number of amides is 4. The van der Waals surface area contributed by atoms with E-state index in [1.807, 2.05) is 106 Å². The number of carbonyl (C=O) groups is 2. The Bertz CT molecular complexity index is 2990. The van der Waals surface area contributed by atoms with E-state index in [0.29, 0.717) is 58.8 Å². The Labute approximate surface area is 399 Å². The molecular formula is C51H51ClN12O4. The van der Waals surface area contributed by atoms with Gasteiger partial charge in [-0.2, -0.15) is 4.98 Å². The fourth-order valence-corrected chi connectivity index (χ4v) is 9.30. The number of hydrogen-bond donors (Lipinski definition) is 3. The Morgan fingerprint density at radius 2 is 1.56 bits per heavy atom. The molecule has 10 rings (SSSR count). The Morgan fingerprint density at radius 3 is 2.41 bits per heavy atom. The van der Waals surface area contributed by atoms with Crippen LogP contribution in [0.4, 0.5) is 61.4 Å². The predicted molar refractivity (Wildman–Crippen MR) is 269 cm³/mol. The molecule has 0 unspecified atom stereocenters. The van der Waals surface area contributed by atoms with Crippen LogP contribution in [0, 0.1) is 20.8 Å². The summed E-state index contributed by atoms with van der Waals surface area (Å²) < 4.78 is 12.3. The summed E-state index contributed by atoms with van der Waals surface area (Å²) in [6.07, 6.45) is 10.8. The molecule has 8 bridgehead atoms. The van der Waals surface area contributed by atoms with E-state index < -0.39 is 0 Å². The largest absolute Gasteiger partial charge is 0.489 e. The van der Waals surface area contributed by atoms with Gasteiger partial charge in [0.15, 0.2) is 0 Å². The van der Waals surface area contributed by atoms with Crippen LogP contribution in [-0.4, -0.2) is 96.4 Å². The first kappa shape index (κ1) is 44.2. The quantitative estimate of drug-likeness (QED) is 0.144. The van der Waals surface area contributed by atoms with Crippen molar-refractivity contribution in [3.05, 3.63) is 137 Å². The minimum absolute atomic E-state index is 0.197. The summed E-state index contributed by atoms with van der Waals surface area (Å²) in [6.45, 7) is 11.0. The van der Waals surface area contributed by atoms with Crippen LogP contribution in [0.1, 0.15) is 22.3 Å². The lowest BCUT2D eigenvalue weighted by Crippen LogP contribution is -2.48.